The molecule has 134 valence electrons. The summed E-state index contributed by atoms with van der Waals surface area (Å²) < 4.78 is 12.3. The van der Waals surface area contributed by atoms with Gasteiger partial charge in [0.25, 0.3) is 0 Å². The van der Waals surface area contributed by atoms with Gasteiger partial charge >= 0.3 is 0 Å². The van der Waals surface area contributed by atoms with Gasteiger partial charge in [-0.3, -0.25) is 9.88 Å². The Balaban J connectivity index is 1.48. The number of nitrogens with zero attached hydrogens (tertiary/aromatic N) is 3. The Bertz CT molecular complexity index is 693. The fourth-order valence-corrected chi connectivity index (χ4v) is 4.89. The first-order valence-corrected chi connectivity index (χ1v) is 9.89. The predicted octanol–water partition coefficient (Wildman–Crippen LogP) is 3.30. The Morgan fingerprint density at radius 3 is 3.24 bits per heavy atom. The molecule has 2 saturated heterocycles. The van der Waals surface area contributed by atoms with Crippen molar-refractivity contribution in [2.75, 3.05) is 26.3 Å². The molecule has 0 radical (unpaired) electrons. The molecule has 0 bridgehead atoms. The second-order valence-electron chi connectivity index (χ2n) is 7.16. The van der Waals surface area contributed by atoms with Crippen LogP contribution in [0.5, 0.6) is 5.75 Å². The zero-order valence-corrected chi connectivity index (χ0v) is 15.5. The molecular formula is C19H25N3O2S. The molecule has 2 unspecified atom stereocenters. The Labute approximate surface area is 153 Å². The van der Waals surface area contributed by atoms with Gasteiger partial charge in [-0.15, -0.1) is 11.3 Å². The van der Waals surface area contributed by atoms with Crippen LogP contribution in [0.4, 0.5) is 0 Å². The lowest BCUT2D eigenvalue weighted by molar-refractivity contribution is -0.140. The second kappa shape index (κ2) is 7.40. The topological polar surface area (TPSA) is 47.5 Å². The molecule has 0 aromatic carbocycles. The van der Waals surface area contributed by atoms with Crippen LogP contribution in [0.1, 0.15) is 29.8 Å². The van der Waals surface area contributed by atoms with Gasteiger partial charge in [0.1, 0.15) is 5.75 Å². The van der Waals surface area contributed by atoms with Gasteiger partial charge in [0.15, 0.2) is 0 Å². The van der Waals surface area contributed by atoms with Crippen molar-refractivity contribution in [1.82, 2.24) is 14.9 Å². The Hall–Kier alpha value is -1.50. The highest BCUT2D eigenvalue weighted by Gasteiger charge is 2.46. The molecule has 0 aliphatic carbocycles. The van der Waals surface area contributed by atoms with E-state index >= 15 is 0 Å². The maximum atomic E-state index is 6.15. The molecule has 0 amide bonds. The molecule has 0 N–H and O–H groups in total. The van der Waals surface area contributed by atoms with E-state index < -0.39 is 0 Å². The molecular weight excluding hydrogens is 334 g/mol. The van der Waals surface area contributed by atoms with Crippen molar-refractivity contribution in [2.24, 2.45) is 5.41 Å². The molecule has 0 spiro atoms. The van der Waals surface area contributed by atoms with Gasteiger partial charge in [0.2, 0.25) is 0 Å². The van der Waals surface area contributed by atoms with Crippen LogP contribution in [0.15, 0.2) is 30.0 Å². The summed E-state index contributed by atoms with van der Waals surface area (Å²) in [6.07, 6.45) is 7.22. The SMILES string of the molecule is Cc1ncsc1CN1CCC2OCCCC2(COc2cccnc2)C1. The Kier molecular flexibility index (Phi) is 5.01. The van der Waals surface area contributed by atoms with E-state index in [9.17, 15) is 0 Å². The number of likely N-dealkylation sites (tertiary alicyclic amines) is 1. The Morgan fingerprint density at radius 2 is 2.44 bits per heavy atom. The Morgan fingerprint density at radius 1 is 1.48 bits per heavy atom. The number of hydrogen-bond acceptors (Lipinski definition) is 6. The summed E-state index contributed by atoms with van der Waals surface area (Å²) in [7, 11) is 0. The molecule has 4 rings (SSSR count). The van der Waals surface area contributed by atoms with E-state index in [0.717, 1.165) is 56.9 Å². The van der Waals surface area contributed by atoms with E-state index in [1.54, 1.807) is 23.7 Å². The third-order valence-electron chi connectivity index (χ3n) is 5.44. The third-order valence-corrected chi connectivity index (χ3v) is 6.36. The molecule has 2 aromatic heterocycles. The van der Waals surface area contributed by atoms with Gasteiger partial charge in [-0.25, -0.2) is 4.98 Å². The van der Waals surface area contributed by atoms with Gasteiger partial charge in [-0.2, -0.15) is 0 Å². The smallest absolute Gasteiger partial charge is 0.137 e. The van der Waals surface area contributed by atoms with Crippen LogP contribution in [0, 0.1) is 12.3 Å². The minimum absolute atomic E-state index is 0.0743. The number of pyridine rings is 1. The van der Waals surface area contributed by atoms with Crippen molar-refractivity contribution in [3.8, 4) is 5.75 Å². The molecule has 2 aliphatic rings. The van der Waals surface area contributed by atoms with E-state index in [0.29, 0.717) is 12.7 Å². The summed E-state index contributed by atoms with van der Waals surface area (Å²) in [5.74, 6) is 0.844. The maximum Gasteiger partial charge on any atom is 0.137 e. The summed E-state index contributed by atoms with van der Waals surface area (Å²) in [5, 5.41) is 0. The lowest BCUT2D eigenvalue weighted by Crippen LogP contribution is -2.57. The quantitative estimate of drug-likeness (QED) is 0.820. The lowest BCUT2D eigenvalue weighted by Gasteiger charge is -2.50. The minimum atomic E-state index is 0.0743. The van der Waals surface area contributed by atoms with Crippen molar-refractivity contribution >= 4 is 11.3 Å². The fraction of sp³-hybridized carbons (Fsp3) is 0.579. The zero-order chi connectivity index (χ0) is 17.1. The van der Waals surface area contributed by atoms with Crippen molar-refractivity contribution in [3.63, 3.8) is 0 Å². The monoisotopic (exact) mass is 359 g/mol. The van der Waals surface area contributed by atoms with Gasteiger partial charge in [0, 0.05) is 42.7 Å². The third kappa shape index (κ3) is 3.71. The van der Waals surface area contributed by atoms with Crippen LogP contribution >= 0.6 is 11.3 Å². The summed E-state index contributed by atoms with van der Waals surface area (Å²) in [6.45, 7) is 6.77. The van der Waals surface area contributed by atoms with Gasteiger partial charge in [-0.1, -0.05) is 0 Å². The number of ether oxygens (including phenoxy) is 2. The number of thiazole rings is 1. The van der Waals surface area contributed by atoms with Crippen LogP contribution in [0.2, 0.25) is 0 Å². The van der Waals surface area contributed by atoms with Crippen LogP contribution in [-0.2, 0) is 11.3 Å². The zero-order valence-electron chi connectivity index (χ0n) is 14.7. The fourth-order valence-electron chi connectivity index (χ4n) is 4.07. The summed E-state index contributed by atoms with van der Waals surface area (Å²) in [5.41, 5.74) is 3.18. The van der Waals surface area contributed by atoms with Crippen molar-refractivity contribution in [2.45, 2.75) is 38.8 Å². The number of aryl methyl sites for hydroxylation is 1. The number of aromatic nitrogens is 2. The molecule has 25 heavy (non-hydrogen) atoms. The molecule has 2 aromatic rings. The maximum absolute atomic E-state index is 6.15. The van der Waals surface area contributed by atoms with E-state index in [1.165, 1.54) is 4.88 Å². The summed E-state index contributed by atoms with van der Waals surface area (Å²) in [4.78, 5) is 12.5. The minimum Gasteiger partial charge on any atom is -0.491 e. The molecule has 2 aliphatic heterocycles. The highest BCUT2D eigenvalue weighted by Crippen LogP contribution is 2.41. The van der Waals surface area contributed by atoms with Crippen LogP contribution in [0.3, 0.4) is 0 Å². The molecule has 0 saturated carbocycles. The van der Waals surface area contributed by atoms with Crippen LogP contribution in [-0.4, -0.2) is 47.3 Å². The van der Waals surface area contributed by atoms with Crippen molar-refractivity contribution < 1.29 is 9.47 Å². The number of fused-ring (bicyclic) bond motifs is 1. The van der Waals surface area contributed by atoms with E-state index in [1.807, 2.05) is 17.6 Å². The molecule has 6 heteroatoms. The predicted molar refractivity (Wildman–Crippen MR) is 97.9 cm³/mol. The van der Waals surface area contributed by atoms with Crippen LogP contribution < -0.4 is 4.74 Å². The lowest BCUT2D eigenvalue weighted by atomic mass is 9.73. The van der Waals surface area contributed by atoms with Crippen molar-refractivity contribution in [1.29, 1.82) is 0 Å². The van der Waals surface area contributed by atoms with E-state index in [2.05, 4.69) is 21.8 Å². The average Bonchev–Trinajstić information content (AvgIpc) is 3.05. The van der Waals surface area contributed by atoms with Crippen molar-refractivity contribution in [3.05, 3.63) is 40.6 Å². The van der Waals surface area contributed by atoms with Gasteiger partial charge in [-0.05, 0) is 38.3 Å². The average molecular weight is 359 g/mol. The molecule has 2 fully saturated rings. The molecule has 5 nitrogen and oxygen atoms in total. The van der Waals surface area contributed by atoms with Gasteiger partial charge in [0.05, 0.1) is 30.1 Å². The summed E-state index contributed by atoms with van der Waals surface area (Å²) in [6, 6.07) is 3.89. The van der Waals surface area contributed by atoms with E-state index in [-0.39, 0.29) is 5.41 Å². The standard InChI is InChI=1S/C19H25N3O2S/c1-15-17(25-14-21-15)11-22-8-5-18-19(12-22,6-3-9-23-18)13-24-16-4-2-7-20-10-16/h2,4,7,10,14,18H,3,5-6,8-9,11-13H2,1H3. The highest BCUT2D eigenvalue weighted by atomic mass is 32.1. The first-order chi connectivity index (χ1) is 12.3. The first-order valence-electron chi connectivity index (χ1n) is 9.01. The first kappa shape index (κ1) is 16.9. The number of piperidine rings is 1. The second-order valence-corrected chi connectivity index (χ2v) is 8.10. The largest absolute Gasteiger partial charge is 0.491 e. The van der Waals surface area contributed by atoms with E-state index in [4.69, 9.17) is 9.47 Å². The molecule has 4 heterocycles. The summed E-state index contributed by atoms with van der Waals surface area (Å²) >= 11 is 1.76. The van der Waals surface area contributed by atoms with Gasteiger partial charge < -0.3 is 9.47 Å². The number of rotatable bonds is 5. The highest BCUT2D eigenvalue weighted by molar-refractivity contribution is 7.09. The van der Waals surface area contributed by atoms with Crippen LogP contribution in [0.25, 0.3) is 0 Å². The molecule has 2 atom stereocenters. The normalized spacial score (nSPS) is 27.0. The number of hydrogen-bond donors (Lipinski definition) is 0.